The Bertz CT molecular complexity index is 473. The van der Waals surface area contributed by atoms with Crippen LogP contribution in [0.5, 0.6) is 0 Å². The number of aryl methyl sites for hydroxylation is 1. The zero-order valence-electron chi connectivity index (χ0n) is 12.3. The van der Waals surface area contributed by atoms with Gasteiger partial charge in [-0.05, 0) is 30.9 Å². The summed E-state index contributed by atoms with van der Waals surface area (Å²) in [5.74, 6) is 0.290. The average Bonchev–Trinajstić information content (AvgIpc) is 2.84. The molecule has 2 heterocycles. The number of piperidine rings is 1. The minimum Gasteiger partial charge on any atom is -0.357 e. The van der Waals surface area contributed by atoms with E-state index in [1.165, 1.54) is 5.56 Å². The molecule has 2 amide bonds. The van der Waals surface area contributed by atoms with Gasteiger partial charge >= 0.3 is 0 Å². The minimum atomic E-state index is 0.0568. The predicted molar refractivity (Wildman–Crippen MR) is 77.1 cm³/mol. The molecule has 0 aliphatic carbocycles. The van der Waals surface area contributed by atoms with E-state index in [4.69, 9.17) is 0 Å². The van der Waals surface area contributed by atoms with Crippen LogP contribution < -0.4 is 5.32 Å². The first-order valence-corrected chi connectivity index (χ1v) is 7.20. The van der Waals surface area contributed by atoms with Gasteiger partial charge in [0.2, 0.25) is 11.8 Å². The summed E-state index contributed by atoms with van der Waals surface area (Å²) in [6, 6.07) is 2.07. The van der Waals surface area contributed by atoms with Crippen LogP contribution in [0.3, 0.4) is 0 Å². The molecule has 5 heteroatoms. The van der Waals surface area contributed by atoms with Crippen molar-refractivity contribution in [3.05, 3.63) is 24.0 Å². The largest absolute Gasteiger partial charge is 0.357 e. The van der Waals surface area contributed by atoms with Crippen molar-refractivity contribution in [2.45, 2.75) is 26.2 Å². The number of hydrogen-bond donors (Lipinski definition) is 1. The van der Waals surface area contributed by atoms with Gasteiger partial charge in [0.25, 0.3) is 0 Å². The van der Waals surface area contributed by atoms with Crippen molar-refractivity contribution in [1.82, 2.24) is 14.8 Å². The number of nitrogens with zero attached hydrogens (tertiary/aromatic N) is 2. The van der Waals surface area contributed by atoms with Gasteiger partial charge in [-0.2, -0.15) is 0 Å². The minimum absolute atomic E-state index is 0.0568. The van der Waals surface area contributed by atoms with Gasteiger partial charge in [-0.25, -0.2) is 0 Å². The summed E-state index contributed by atoms with van der Waals surface area (Å²) in [6.45, 7) is 3.66. The molecule has 1 saturated heterocycles. The van der Waals surface area contributed by atoms with E-state index in [1.54, 1.807) is 6.92 Å². The van der Waals surface area contributed by atoms with E-state index in [9.17, 15) is 9.59 Å². The van der Waals surface area contributed by atoms with Crippen molar-refractivity contribution in [3.8, 4) is 0 Å². The van der Waals surface area contributed by atoms with E-state index in [0.717, 1.165) is 19.3 Å². The smallest absolute Gasteiger partial charge is 0.223 e. The van der Waals surface area contributed by atoms with E-state index in [-0.39, 0.29) is 17.7 Å². The third-order valence-electron chi connectivity index (χ3n) is 3.92. The average molecular weight is 277 g/mol. The van der Waals surface area contributed by atoms with Crippen molar-refractivity contribution >= 4 is 11.8 Å². The highest BCUT2D eigenvalue weighted by Gasteiger charge is 2.25. The second-order valence-corrected chi connectivity index (χ2v) is 5.51. The van der Waals surface area contributed by atoms with E-state index in [0.29, 0.717) is 19.6 Å². The maximum Gasteiger partial charge on any atom is 0.223 e. The molecule has 0 unspecified atom stereocenters. The fraction of sp³-hybridized carbons (Fsp3) is 0.600. The first kappa shape index (κ1) is 14.6. The maximum absolute atomic E-state index is 12.1. The molecule has 110 valence electrons. The topological polar surface area (TPSA) is 54.3 Å². The van der Waals surface area contributed by atoms with Crippen LogP contribution in [0.15, 0.2) is 18.5 Å². The van der Waals surface area contributed by atoms with Gasteiger partial charge in [-0.1, -0.05) is 0 Å². The number of amides is 2. The molecule has 1 aromatic rings. The Balaban J connectivity index is 1.69. The molecule has 1 fully saturated rings. The molecule has 1 aliphatic heterocycles. The molecule has 1 aromatic heterocycles. The van der Waals surface area contributed by atoms with Gasteiger partial charge < -0.3 is 14.8 Å². The molecule has 0 bridgehead atoms. The van der Waals surface area contributed by atoms with Gasteiger partial charge in [-0.3, -0.25) is 9.59 Å². The molecule has 1 N–H and O–H groups in total. The van der Waals surface area contributed by atoms with E-state index in [1.807, 2.05) is 22.7 Å². The quantitative estimate of drug-likeness (QED) is 0.890. The molecule has 0 aromatic carbocycles. The Labute approximate surface area is 119 Å². The van der Waals surface area contributed by atoms with Crippen LogP contribution >= 0.6 is 0 Å². The first-order valence-electron chi connectivity index (χ1n) is 7.20. The van der Waals surface area contributed by atoms with Crippen molar-refractivity contribution in [1.29, 1.82) is 0 Å². The molecule has 5 nitrogen and oxygen atoms in total. The van der Waals surface area contributed by atoms with Crippen LogP contribution in [0.25, 0.3) is 0 Å². The Morgan fingerprint density at radius 1 is 1.35 bits per heavy atom. The second kappa shape index (κ2) is 6.59. The van der Waals surface area contributed by atoms with Crippen molar-refractivity contribution < 1.29 is 9.59 Å². The lowest BCUT2D eigenvalue weighted by molar-refractivity contribution is -0.133. The van der Waals surface area contributed by atoms with Gasteiger partial charge in [0, 0.05) is 51.9 Å². The number of likely N-dealkylation sites (tertiary alicyclic amines) is 1. The number of carbonyl (C=O) groups is 2. The molecule has 0 saturated carbocycles. The molecule has 1 aliphatic rings. The monoisotopic (exact) mass is 277 g/mol. The van der Waals surface area contributed by atoms with Gasteiger partial charge in [-0.15, -0.1) is 0 Å². The van der Waals surface area contributed by atoms with Crippen LogP contribution in [0, 0.1) is 5.92 Å². The highest BCUT2D eigenvalue weighted by molar-refractivity contribution is 5.79. The summed E-state index contributed by atoms with van der Waals surface area (Å²) in [6.07, 6.45) is 6.48. The summed E-state index contributed by atoms with van der Waals surface area (Å²) in [5.41, 5.74) is 1.24. The van der Waals surface area contributed by atoms with Crippen LogP contribution in [0.4, 0.5) is 0 Å². The fourth-order valence-electron chi connectivity index (χ4n) is 2.64. The van der Waals surface area contributed by atoms with Crippen molar-refractivity contribution in [3.63, 3.8) is 0 Å². The van der Waals surface area contributed by atoms with Crippen LogP contribution in [-0.4, -0.2) is 40.9 Å². The summed E-state index contributed by atoms with van der Waals surface area (Å²) < 4.78 is 2.01. The Morgan fingerprint density at radius 2 is 2.05 bits per heavy atom. The highest BCUT2D eigenvalue weighted by atomic mass is 16.2. The van der Waals surface area contributed by atoms with E-state index >= 15 is 0 Å². The number of carbonyl (C=O) groups excluding carboxylic acids is 2. The highest BCUT2D eigenvalue weighted by Crippen LogP contribution is 2.17. The lowest BCUT2D eigenvalue weighted by Gasteiger charge is -2.30. The second-order valence-electron chi connectivity index (χ2n) is 5.51. The molecule has 2 rings (SSSR count). The normalized spacial score (nSPS) is 16.2. The molecular formula is C15H23N3O2. The van der Waals surface area contributed by atoms with Gasteiger partial charge in [0.1, 0.15) is 0 Å². The summed E-state index contributed by atoms with van der Waals surface area (Å²) in [5, 5.41) is 3.00. The first-order chi connectivity index (χ1) is 9.56. The molecular weight excluding hydrogens is 254 g/mol. The maximum atomic E-state index is 12.1. The zero-order chi connectivity index (χ0) is 14.5. The van der Waals surface area contributed by atoms with E-state index in [2.05, 4.69) is 17.6 Å². The lowest BCUT2D eigenvalue weighted by atomic mass is 9.96. The number of hydrogen-bond acceptors (Lipinski definition) is 2. The predicted octanol–water partition coefficient (Wildman–Crippen LogP) is 0.942. The van der Waals surface area contributed by atoms with Crippen LogP contribution in [-0.2, 0) is 23.1 Å². The molecule has 0 radical (unpaired) electrons. The Morgan fingerprint density at radius 3 is 2.60 bits per heavy atom. The van der Waals surface area contributed by atoms with Crippen LogP contribution in [0.2, 0.25) is 0 Å². The standard InChI is InChI=1S/C15H23N3O2/c1-12(19)18-9-5-14(6-10-18)15(20)16-7-3-13-4-8-17(2)11-13/h4,8,11,14H,3,5-7,9-10H2,1-2H3,(H,16,20). The van der Waals surface area contributed by atoms with Crippen molar-refractivity contribution in [2.75, 3.05) is 19.6 Å². The van der Waals surface area contributed by atoms with Gasteiger partial charge in [0.15, 0.2) is 0 Å². The number of nitrogens with one attached hydrogen (secondary N) is 1. The fourth-order valence-corrected chi connectivity index (χ4v) is 2.64. The number of rotatable bonds is 4. The number of aromatic nitrogens is 1. The Kier molecular flexibility index (Phi) is 4.82. The summed E-state index contributed by atoms with van der Waals surface area (Å²) in [7, 11) is 1.99. The van der Waals surface area contributed by atoms with Gasteiger partial charge in [0.05, 0.1) is 0 Å². The summed E-state index contributed by atoms with van der Waals surface area (Å²) in [4.78, 5) is 25.1. The Hall–Kier alpha value is -1.78. The zero-order valence-corrected chi connectivity index (χ0v) is 12.3. The molecule has 20 heavy (non-hydrogen) atoms. The van der Waals surface area contributed by atoms with E-state index < -0.39 is 0 Å². The summed E-state index contributed by atoms with van der Waals surface area (Å²) >= 11 is 0. The third-order valence-corrected chi connectivity index (χ3v) is 3.92. The lowest BCUT2D eigenvalue weighted by Crippen LogP contribution is -2.42. The molecule has 0 atom stereocenters. The molecule has 0 spiro atoms. The third kappa shape index (κ3) is 3.85. The SMILES string of the molecule is CC(=O)N1CCC(C(=O)NCCc2ccn(C)c2)CC1. The van der Waals surface area contributed by atoms with Crippen molar-refractivity contribution in [2.24, 2.45) is 13.0 Å². The van der Waals surface area contributed by atoms with Crippen LogP contribution in [0.1, 0.15) is 25.3 Å².